The summed E-state index contributed by atoms with van der Waals surface area (Å²) >= 11 is 0. The van der Waals surface area contributed by atoms with Crippen molar-refractivity contribution in [3.8, 4) is 0 Å². The van der Waals surface area contributed by atoms with Crippen LogP contribution in [0.1, 0.15) is 32.4 Å². The van der Waals surface area contributed by atoms with Gasteiger partial charge in [0.2, 0.25) is 0 Å². The van der Waals surface area contributed by atoms with E-state index < -0.39 is 22.5 Å². The molecule has 1 aromatic rings. The van der Waals surface area contributed by atoms with Crippen LogP contribution in [0.2, 0.25) is 0 Å². The van der Waals surface area contributed by atoms with Crippen molar-refractivity contribution < 1.29 is 14.8 Å². The lowest BCUT2D eigenvalue weighted by atomic mass is 10.1. The third-order valence-electron chi connectivity index (χ3n) is 2.14. The van der Waals surface area contributed by atoms with Crippen LogP contribution < -0.4 is 5.32 Å². The van der Waals surface area contributed by atoms with Crippen LogP contribution in [0.3, 0.4) is 0 Å². The van der Waals surface area contributed by atoms with E-state index in [1.807, 2.05) is 0 Å². The highest BCUT2D eigenvalue weighted by Crippen LogP contribution is 2.19. The van der Waals surface area contributed by atoms with E-state index in [4.69, 9.17) is 0 Å². The number of amides is 1. The second-order valence-electron chi connectivity index (χ2n) is 4.99. The highest BCUT2D eigenvalue weighted by Gasteiger charge is 2.23. The minimum atomic E-state index is -1.41. The first kappa shape index (κ1) is 14.1. The maximum atomic E-state index is 11.7. The molecule has 1 aromatic carbocycles. The normalized spacial score (nSPS) is 12.9. The predicted octanol–water partition coefficient (Wildman–Crippen LogP) is 1.54. The SMILES string of the molecule is CC(C)(C)NC(=O)C(O)c1cccc([N+](=O)[O-])c1. The van der Waals surface area contributed by atoms with E-state index in [1.54, 1.807) is 20.8 Å². The molecule has 0 aliphatic rings. The summed E-state index contributed by atoms with van der Waals surface area (Å²) in [6.45, 7) is 5.35. The van der Waals surface area contributed by atoms with Crippen molar-refractivity contribution in [2.45, 2.75) is 32.4 Å². The van der Waals surface area contributed by atoms with E-state index in [0.29, 0.717) is 0 Å². The van der Waals surface area contributed by atoms with Crippen molar-refractivity contribution in [1.82, 2.24) is 5.32 Å². The minimum absolute atomic E-state index is 0.157. The van der Waals surface area contributed by atoms with Gasteiger partial charge in [-0.3, -0.25) is 14.9 Å². The van der Waals surface area contributed by atoms with Gasteiger partial charge in [-0.2, -0.15) is 0 Å². The molecule has 2 N–H and O–H groups in total. The van der Waals surface area contributed by atoms with E-state index >= 15 is 0 Å². The molecule has 0 spiro atoms. The van der Waals surface area contributed by atoms with Crippen molar-refractivity contribution in [2.24, 2.45) is 0 Å². The van der Waals surface area contributed by atoms with Gasteiger partial charge in [-0.05, 0) is 26.3 Å². The van der Waals surface area contributed by atoms with Crippen LogP contribution in [-0.4, -0.2) is 21.5 Å². The number of aliphatic hydroxyl groups is 1. The highest BCUT2D eigenvalue weighted by molar-refractivity contribution is 5.82. The van der Waals surface area contributed by atoms with Crippen LogP contribution in [0.15, 0.2) is 24.3 Å². The zero-order chi connectivity index (χ0) is 13.9. The Labute approximate surface area is 105 Å². The number of nitrogens with one attached hydrogen (secondary N) is 1. The number of carbonyl (C=O) groups is 1. The molecule has 0 saturated carbocycles. The summed E-state index contributed by atoms with van der Waals surface area (Å²) in [6, 6.07) is 5.39. The third-order valence-corrected chi connectivity index (χ3v) is 2.14. The van der Waals surface area contributed by atoms with Gasteiger partial charge in [-0.1, -0.05) is 12.1 Å². The summed E-state index contributed by atoms with van der Waals surface area (Å²) in [4.78, 5) is 21.7. The van der Waals surface area contributed by atoms with Crippen molar-refractivity contribution in [1.29, 1.82) is 0 Å². The fourth-order valence-electron chi connectivity index (χ4n) is 1.40. The Hall–Kier alpha value is -1.95. The molecule has 0 saturated heterocycles. The third kappa shape index (κ3) is 3.81. The van der Waals surface area contributed by atoms with Crippen molar-refractivity contribution in [2.75, 3.05) is 0 Å². The molecule has 0 fully saturated rings. The van der Waals surface area contributed by atoms with E-state index in [9.17, 15) is 20.0 Å². The smallest absolute Gasteiger partial charge is 0.269 e. The molecule has 6 nitrogen and oxygen atoms in total. The quantitative estimate of drug-likeness (QED) is 0.630. The highest BCUT2D eigenvalue weighted by atomic mass is 16.6. The molecule has 0 heterocycles. The van der Waals surface area contributed by atoms with Gasteiger partial charge in [0.1, 0.15) is 0 Å². The second kappa shape index (κ2) is 5.14. The van der Waals surface area contributed by atoms with Crippen molar-refractivity contribution >= 4 is 11.6 Å². The number of non-ortho nitro benzene ring substituents is 1. The van der Waals surface area contributed by atoms with Crippen LogP contribution >= 0.6 is 0 Å². The number of rotatable bonds is 3. The van der Waals surface area contributed by atoms with E-state index in [2.05, 4.69) is 5.32 Å². The van der Waals surface area contributed by atoms with Crippen LogP contribution in [0, 0.1) is 10.1 Å². The summed E-state index contributed by atoms with van der Waals surface area (Å²) in [7, 11) is 0. The number of hydrogen-bond acceptors (Lipinski definition) is 4. The van der Waals surface area contributed by atoms with Gasteiger partial charge in [0.15, 0.2) is 6.10 Å². The Morgan fingerprint density at radius 2 is 2.06 bits per heavy atom. The van der Waals surface area contributed by atoms with E-state index in [1.165, 1.54) is 24.3 Å². The van der Waals surface area contributed by atoms with Gasteiger partial charge >= 0.3 is 0 Å². The Balaban J connectivity index is 2.90. The molecule has 0 aromatic heterocycles. The predicted molar refractivity (Wildman–Crippen MR) is 66.0 cm³/mol. The molecule has 1 unspecified atom stereocenters. The van der Waals surface area contributed by atoms with Gasteiger partial charge in [0.25, 0.3) is 11.6 Å². The van der Waals surface area contributed by atoms with Gasteiger partial charge < -0.3 is 10.4 Å². The van der Waals surface area contributed by atoms with E-state index in [0.717, 1.165) is 0 Å². The monoisotopic (exact) mass is 252 g/mol. The molecule has 18 heavy (non-hydrogen) atoms. The molecule has 0 radical (unpaired) electrons. The average molecular weight is 252 g/mol. The number of nitro benzene ring substituents is 1. The van der Waals surface area contributed by atoms with Gasteiger partial charge in [-0.15, -0.1) is 0 Å². The number of nitro groups is 1. The molecule has 98 valence electrons. The molecule has 0 bridgehead atoms. The molecule has 1 atom stereocenters. The second-order valence-corrected chi connectivity index (χ2v) is 4.99. The summed E-state index contributed by atoms with van der Waals surface area (Å²) in [5.41, 5.74) is -0.431. The van der Waals surface area contributed by atoms with Crippen LogP contribution in [0.25, 0.3) is 0 Å². The first-order valence-corrected chi connectivity index (χ1v) is 5.45. The number of nitrogens with zero attached hydrogens (tertiary/aromatic N) is 1. The summed E-state index contributed by atoms with van der Waals surface area (Å²) in [5, 5.41) is 23.0. The largest absolute Gasteiger partial charge is 0.378 e. The molecular formula is C12H16N2O4. The lowest BCUT2D eigenvalue weighted by molar-refractivity contribution is -0.385. The van der Waals surface area contributed by atoms with Crippen molar-refractivity contribution in [3.63, 3.8) is 0 Å². The standard InChI is InChI=1S/C12H16N2O4/c1-12(2,3)13-11(16)10(15)8-5-4-6-9(7-8)14(17)18/h4-7,10,15H,1-3H3,(H,13,16). The number of hydrogen-bond donors (Lipinski definition) is 2. The molecular weight excluding hydrogens is 236 g/mol. The zero-order valence-corrected chi connectivity index (χ0v) is 10.5. The number of carbonyl (C=O) groups excluding carboxylic acids is 1. The molecule has 0 aliphatic carbocycles. The first-order valence-electron chi connectivity index (χ1n) is 5.45. The van der Waals surface area contributed by atoms with Crippen LogP contribution in [0.5, 0.6) is 0 Å². The number of benzene rings is 1. The minimum Gasteiger partial charge on any atom is -0.378 e. The van der Waals surface area contributed by atoms with Gasteiger partial charge in [0.05, 0.1) is 4.92 Å². The number of aliphatic hydroxyl groups excluding tert-OH is 1. The Kier molecular flexibility index (Phi) is 4.03. The van der Waals surface area contributed by atoms with E-state index in [-0.39, 0.29) is 11.3 Å². The molecule has 0 aliphatic heterocycles. The van der Waals surface area contributed by atoms with Crippen molar-refractivity contribution in [3.05, 3.63) is 39.9 Å². The summed E-state index contributed by atoms with van der Waals surface area (Å²) in [5.74, 6) is -0.581. The molecule has 1 rings (SSSR count). The molecule has 6 heteroatoms. The maximum Gasteiger partial charge on any atom is 0.269 e. The van der Waals surface area contributed by atoms with Gasteiger partial charge in [0, 0.05) is 17.7 Å². The fourth-order valence-corrected chi connectivity index (χ4v) is 1.40. The average Bonchev–Trinajstić information content (AvgIpc) is 2.26. The van der Waals surface area contributed by atoms with Gasteiger partial charge in [-0.25, -0.2) is 0 Å². The zero-order valence-electron chi connectivity index (χ0n) is 10.5. The lowest BCUT2D eigenvalue weighted by Crippen LogP contribution is -2.43. The maximum absolute atomic E-state index is 11.7. The summed E-state index contributed by atoms with van der Waals surface area (Å²) in [6.07, 6.45) is -1.41. The summed E-state index contributed by atoms with van der Waals surface area (Å²) < 4.78 is 0. The first-order chi connectivity index (χ1) is 8.20. The molecule has 1 amide bonds. The topological polar surface area (TPSA) is 92.5 Å². The van der Waals surface area contributed by atoms with Crippen LogP contribution in [-0.2, 0) is 4.79 Å². The Morgan fingerprint density at radius 3 is 2.56 bits per heavy atom. The Morgan fingerprint density at radius 1 is 1.44 bits per heavy atom. The van der Waals surface area contributed by atoms with Crippen LogP contribution in [0.4, 0.5) is 5.69 Å². The Bertz CT molecular complexity index is 465. The fraction of sp³-hybridized carbons (Fsp3) is 0.417. The lowest BCUT2D eigenvalue weighted by Gasteiger charge is -2.22.